The lowest BCUT2D eigenvalue weighted by molar-refractivity contribution is 0.186. The summed E-state index contributed by atoms with van der Waals surface area (Å²) >= 11 is 0. The van der Waals surface area contributed by atoms with E-state index in [0.29, 0.717) is 0 Å². The highest BCUT2D eigenvalue weighted by atomic mass is 16.3. The molecule has 0 fully saturated rings. The maximum Gasteiger partial charge on any atom is 0.0617 e. The molecule has 1 aliphatic carbocycles. The molecule has 0 aliphatic heterocycles. The monoisotopic (exact) mass is 150 g/mol. The van der Waals surface area contributed by atoms with Crippen LogP contribution in [0.15, 0.2) is 36.0 Å². The predicted octanol–water partition coefficient (Wildman–Crippen LogP) is 2.20. The Bertz CT molecular complexity index is 211. The van der Waals surface area contributed by atoms with Crippen molar-refractivity contribution in [2.75, 3.05) is 0 Å². The van der Waals surface area contributed by atoms with Gasteiger partial charge in [0.15, 0.2) is 0 Å². The fourth-order valence-corrected chi connectivity index (χ4v) is 1.38. The van der Waals surface area contributed by atoms with E-state index >= 15 is 0 Å². The maximum atomic E-state index is 9.27. The Morgan fingerprint density at radius 2 is 2.27 bits per heavy atom. The van der Waals surface area contributed by atoms with Gasteiger partial charge in [0, 0.05) is 0 Å². The molecule has 0 saturated heterocycles. The molecule has 1 heteroatoms. The van der Waals surface area contributed by atoms with Gasteiger partial charge in [-0.25, -0.2) is 0 Å². The normalized spacial score (nSPS) is 25.1. The SMILES string of the molecule is C=C/C=C\C1=C(C)CC(O)C1. The molecule has 0 spiro atoms. The zero-order valence-electron chi connectivity index (χ0n) is 6.88. The summed E-state index contributed by atoms with van der Waals surface area (Å²) in [5.41, 5.74) is 2.56. The first kappa shape index (κ1) is 8.28. The van der Waals surface area contributed by atoms with Crippen molar-refractivity contribution >= 4 is 0 Å². The van der Waals surface area contributed by atoms with Crippen LogP contribution in [0.3, 0.4) is 0 Å². The molecule has 0 radical (unpaired) electrons. The Morgan fingerprint density at radius 1 is 1.55 bits per heavy atom. The highest BCUT2D eigenvalue weighted by Gasteiger charge is 2.16. The molecule has 0 heterocycles. The molecule has 11 heavy (non-hydrogen) atoms. The molecular formula is C10H14O. The van der Waals surface area contributed by atoms with Crippen LogP contribution in [0.1, 0.15) is 19.8 Å². The van der Waals surface area contributed by atoms with Crippen LogP contribution >= 0.6 is 0 Å². The van der Waals surface area contributed by atoms with Crippen LogP contribution < -0.4 is 0 Å². The van der Waals surface area contributed by atoms with Gasteiger partial charge in [-0.15, -0.1) is 0 Å². The Balaban J connectivity index is 2.64. The number of aliphatic hydroxyl groups excluding tert-OH is 1. The lowest BCUT2D eigenvalue weighted by Crippen LogP contribution is -1.98. The smallest absolute Gasteiger partial charge is 0.0617 e. The van der Waals surface area contributed by atoms with Gasteiger partial charge in [0.05, 0.1) is 6.10 Å². The van der Waals surface area contributed by atoms with Crippen molar-refractivity contribution < 1.29 is 5.11 Å². The Kier molecular flexibility index (Phi) is 2.66. The number of aliphatic hydroxyl groups is 1. The van der Waals surface area contributed by atoms with Gasteiger partial charge in [0.25, 0.3) is 0 Å². The van der Waals surface area contributed by atoms with Crippen LogP contribution in [0.2, 0.25) is 0 Å². The van der Waals surface area contributed by atoms with E-state index < -0.39 is 0 Å². The summed E-state index contributed by atoms with van der Waals surface area (Å²) in [6.07, 6.45) is 7.17. The molecule has 1 atom stereocenters. The van der Waals surface area contributed by atoms with Crippen LogP contribution in [0.4, 0.5) is 0 Å². The van der Waals surface area contributed by atoms with Crippen molar-refractivity contribution in [2.24, 2.45) is 0 Å². The van der Waals surface area contributed by atoms with E-state index in [2.05, 4.69) is 13.5 Å². The first-order valence-electron chi connectivity index (χ1n) is 3.90. The molecule has 0 aromatic heterocycles. The van der Waals surface area contributed by atoms with Gasteiger partial charge in [-0.1, -0.05) is 30.4 Å². The van der Waals surface area contributed by atoms with Crippen LogP contribution in [0, 0.1) is 0 Å². The summed E-state index contributed by atoms with van der Waals surface area (Å²) in [7, 11) is 0. The second-order valence-electron chi connectivity index (χ2n) is 2.96. The Labute approximate surface area is 67.7 Å². The summed E-state index contributed by atoms with van der Waals surface area (Å²) in [6.45, 7) is 5.66. The van der Waals surface area contributed by atoms with Crippen molar-refractivity contribution in [1.29, 1.82) is 0 Å². The van der Waals surface area contributed by atoms with E-state index in [-0.39, 0.29) is 6.10 Å². The van der Waals surface area contributed by atoms with E-state index in [1.54, 1.807) is 6.08 Å². The highest BCUT2D eigenvalue weighted by molar-refractivity contribution is 5.31. The third kappa shape index (κ3) is 2.05. The van der Waals surface area contributed by atoms with E-state index in [1.807, 2.05) is 12.2 Å². The van der Waals surface area contributed by atoms with Crippen molar-refractivity contribution in [3.05, 3.63) is 36.0 Å². The van der Waals surface area contributed by atoms with Gasteiger partial charge < -0.3 is 5.11 Å². The molecule has 0 saturated carbocycles. The van der Waals surface area contributed by atoms with Crippen LogP contribution in [-0.2, 0) is 0 Å². The molecule has 1 nitrogen and oxygen atoms in total. The lowest BCUT2D eigenvalue weighted by Gasteiger charge is -1.96. The summed E-state index contributed by atoms with van der Waals surface area (Å²) < 4.78 is 0. The molecule has 1 N–H and O–H groups in total. The zero-order chi connectivity index (χ0) is 8.27. The number of hydrogen-bond acceptors (Lipinski definition) is 1. The summed E-state index contributed by atoms with van der Waals surface area (Å²) in [4.78, 5) is 0. The minimum Gasteiger partial charge on any atom is -0.392 e. The zero-order valence-corrected chi connectivity index (χ0v) is 6.88. The van der Waals surface area contributed by atoms with Crippen molar-refractivity contribution in [3.63, 3.8) is 0 Å². The molecule has 0 bridgehead atoms. The molecule has 0 amide bonds. The summed E-state index contributed by atoms with van der Waals surface area (Å²) in [5, 5.41) is 9.27. The van der Waals surface area contributed by atoms with E-state index in [9.17, 15) is 5.11 Å². The van der Waals surface area contributed by atoms with Crippen molar-refractivity contribution in [3.8, 4) is 0 Å². The average Bonchev–Trinajstić information content (AvgIpc) is 2.26. The van der Waals surface area contributed by atoms with Gasteiger partial charge in [-0.05, 0) is 25.3 Å². The highest BCUT2D eigenvalue weighted by Crippen LogP contribution is 2.26. The van der Waals surface area contributed by atoms with Gasteiger partial charge in [-0.2, -0.15) is 0 Å². The minimum atomic E-state index is -0.153. The summed E-state index contributed by atoms with van der Waals surface area (Å²) in [5.74, 6) is 0. The molecule has 1 aliphatic rings. The Hall–Kier alpha value is -0.820. The topological polar surface area (TPSA) is 20.2 Å². The predicted molar refractivity (Wildman–Crippen MR) is 47.3 cm³/mol. The van der Waals surface area contributed by atoms with E-state index in [0.717, 1.165) is 12.8 Å². The maximum absolute atomic E-state index is 9.27. The molecule has 1 unspecified atom stereocenters. The fraction of sp³-hybridized carbons (Fsp3) is 0.400. The Morgan fingerprint density at radius 3 is 2.73 bits per heavy atom. The first-order valence-corrected chi connectivity index (χ1v) is 3.90. The molecule has 0 aromatic rings. The number of hydrogen-bond donors (Lipinski definition) is 1. The fourth-order valence-electron chi connectivity index (χ4n) is 1.38. The molecular weight excluding hydrogens is 136 g/mol. The third-order valence-electron chi connectivity index (χ3n) is 1.98. The second kappa shape index (κ2) is 3.54. The first-order chi connectivity index (χ1) is 5.24. The third-order valence-corrected chi connectivity index (χ3v) is 1.98. The van der Waals surface area contributed by atoms with Gasteiger partial charge >= 0.3 is 0 Å². The molecule has 0 aromatic carbocycles. The van der Waals surface area contributed by atoms with Gasteiger partial charge in [0.2, 0.25) is 0 Å². The average molecular weight is 150 g/mol. The molecule has 1 rings (SSSR count). The van der Waals surface area contributed by atoms with E-state index in [4.69, 9.17) is 0 Å². The molecule has 60 valence electrons. The quantitative estimate of drug-likeness (QED) is 0.598. The number of rotatable bonds is 2. The van der Waals surface area contributed by atoms with E-state index in [1.165, 1.54) is 11.1 Å². The largest absolute Gasteiger partial charge is 0.392 e. The van der Waals surface area contributed by atoms with Gasteiger partial charge in [-0.3, -0.25) is 0 Å². The number of allylic oxidation sites excluding steroid dienone is 3. The lowest BCUT2D eigenvalue weighted by atomic mass is 10.1. The second-order valence-corrected chi connectivity index (χ2v) is 2.96. The summed E-state index contributed by atoms with van der Waals surface area (Å²) in [6, 6.07) is 0. The van der Waals surface area contributed by atoms with Crippen LogP contribution in [0.5, 0.6) is 0 Å². The van der Waals surface area contributed by atoms with Gasteiger partial charge in [0.1, 0.15) is 0 Å². The van der Waals surface area contributed by atoms with Crippen molar-refractivity contribution in [2.45, 2.75) is 25.9 Å². The minimum absolute atomic E-state index is 0.153. The van der Waals surface area contributed by atoms with Crippen LogP contribution in [-0.4, -0.2) is 11.2 Å². The van der Waals surface area contributed by atoms with Crippen LogP contribution in [0.25, 0.3) is 0 Å². The standard InChI is InChI=1S/C10H14O/c1-3-4-5-9-7-10(11)6-8(9)2/h3-5,10-11H,1,6-7H2,2H3/b5-4-. The van der Waals surface area contributed by atoms with Crippen molar-refractivity contribution in [1.82, 2.24) is 0 Å².